The molecule has 118 valence electrons. The van der Waals surface area contributed by atoms with Crippen LogP contribution in [0.15, 0.2) is 0 Å². The largest absolute Gasteiger partial charge is 0.381 e. The lowest BCUT2D eigenvalue weighted by molar-refractivity contribution is 0.0964. The molecule has 0 amide bonds. The van der Waals surface area contributed by atoms with E-state index in [1.54, 1.807) is 0 Å². The fourth-order valence-electron chi connectivity index (χ4n) is 3.40. The van der Waals surface area contributed by atoms with E-state index < -0.39 is 10.0 Å². The van der Waals surface area contributed by atoms with Gasteiger partial charge in [-0.2, -0.15) is 4.31 Å². The van der Waals surface area contributed by atoms with E-state index in [1.807, 2.05) is 4.31 Å². The predicted molar refractivity (Wildman–Crippen MR) is 81.1 cm³/mol. The highest BCUT2D eigenvalue weighted by Crippen LogP contribution is 2.31. The molecule has 2 aliphatic heterocycles. The fourth-order valence-corrected chi connectivity index (χ4v) is 5.66. The molecule has 5 heteroatoms. The van der Waals surface area contributed by atoms with Crippen molar-refractivity contribution in [3.8, 4) is 0 Å². The summed E-state index contributed by atoms with van der Waals surface area (Å²) in [6, 6.07) is 0.174. The van der Waals surface area contributed by atoms with Gasteiger partial charge in [-0.1, -0.05) is 20.8 Å². The van der Waals surface area contributed by atoms with Gasteiger partial charge in [-0.15, -0.1) is 0 Å². The van der Waals surface area contributed by atoms with Crippen molar-refractivity contribution in [2.75, 3.05) is 19.8 Å². The zero-order valence-electron chi connectivity index (χ0n) is 13.0. The number of hydrogen-bond donors (Lipinski definition) is 0. The van der Waals surface area contributed by atoms with E-state index in [9.17, 15) is 8.42 Å². The van der Waals surface area contributed by atoms with Crippen molar-refractivity contribution in [2.45, 2.75) is 64.2 Å². The Balaban J connectivity index is 2.20. The highest BCUT2D eigenvalue weighted by Gasteiger charge is 2.39. The van der Waals surface area contributed by atoms with Crippen LogP contribution in [-0.4, -0.2) is 43.8 Å². The molecule has 2 rings (SSSR count). The molecule has 2 saturated heterocycles. The van der Waals surface area contributed by atoms with Gasteiger partial charge in [-0.3, -0.25) is 0 Å². The van der Waals surface area contributed by atoms with Crippen LogP contribution in [0.3, 0.4) is 0 Å². The third kappa shape index (κ3) is 3.55. The van der Waals surface area contributed by atoms with Crippen molar-refractivity contribution in [2.24, 2.45) is 11.8 Å². The standard InChI is InChI=1S/C15H29NO3S/c1-12(2)15-5-4-13(3)6-9-16(15)20(17,18)14-7-10-19-11-8-14/h12-15H,4-11H2,1-3H3/t13-,15-/m1/s1. The molecule has 2 heterocycles. The van der Waals surface area contributed by atoms with Crippen molar-refractivity contribution in [3.63, 3.8) is 0 Å². The van der Waals surface area contributed by atoms with Crippen molar-refractivity contribution >= 4 is 10.0 Å². The minimum Gasteiger partial charge on any atom is -0.381 e. The highest BCUT2D eigenvalue weighted by atomic mass is 32.2. The summed E-state index contributed by atoms with van der Waals surface area (Å²) in [6.45, 7) is 8.40. The van der Waals surface area contributed by atoms with Crippen LogP contribution in [0.5, 0.6) is 0 Å². The van der Waals surface area contributed by atoms with Crippen LogP contribution in [0.2, 0.25) is 0 Å². The molecule has 0 aliphatic carbocycles. The first-order valence-corrected chi connectivity index (χ1v) is 9.51. The lowest BCUT2D eigenvalue weighted by Gasteiger charge is -2.35. The summed E-state index contributed by atoms with van der Waals surface area (Å²) in [5, 5.41) is -0.231. The Morgan fingerprint density at radius 2 is 1.70 bits per heavy atom. The van der Waals surface area contributed by atoms with Crippen molar-refractivity contribution in [1.29, 1.82) is 0 Å². The summed E-state index contributed by atoms with van der Waals surface area (Å²) < 4.78 is 33.1. The minimum atomic E-state index is -3.17. The first-order valence-electron chi connectivity index (χ1n) is 8.01. The second-order valence-corrected chi connectivity index (χ2v) is 8.92. The first-order chi connectivity index (χ1) is 9.43. The van der Waals surface area contributed by atoms with E-state index >= 15 is 0 Å². The molecule has 0 spiro atoms. The number of hydrogen-bond acceptors (Lipinski definition) is 3. The Kier molecular flexibility index (Phi) is 5.49. The molecule has 0 N–H and O–H groups in total. The van der Waals surface area contributed by atoms with E-state index in [1.165, 1.54) is 0 Å². The monoisotopic (exact) mass is 303 g/mol. The van der Waals surface area contributed by atoms with Gasteiger partial charge in [-0.05, 0) is 43.9 Å². The topological polar surface area (TPSA) is 46.6 Å². The van der Waals surface area contributed by atoms with Crippen molar-refractivity contribution < 1.29 is 13.2 Å². The van der Waals surface area contributed by atoms with Gasteiger partial charge < -0.3 is 4.74 Å². The van der Waals surface area contributed by atoms with Crippen LogP contribution >= 0.6 is 0 Å². The highest BCUT2D eigenvalue weighted by molar-refractivity contribution is 7.89. The third-order valence-corrected chi connectivity index (χ3v) is 7.27. The van der Waals surface area contributed by atoms with E-state index in [4.69, 9.17) is 4.74 Å². The number of rotatable bonds is 3. The van der Waals surface area contributed by atoms with Crippen LogP contribution in [0.25, 0.3) is 0 Å². The zero-order valence-corrected chi connectivity index (χ0v) is 13.9. The molecule has 0 aromatic heterocycles. The zero-order chi connectivity index (χ0) is 14.8. The molecule has 0 radical (unpaired) electrons. The normalized spacial score (nSPS) is 31.4. The van der Waals surface area contributed by atoms with Gasteiger partial charge in [0.1, 0.15) is 0 Å². The molecule has 0 bridgehead atoms. The van der Waals surface area contributed by atoms with Crippen LogP contribution in [0, 0.1) is 11.8 Å². The second kappa shape index (κ2) is 6.75. The van der Waals surface area contributed by atoms with Crippen LogP contribution in [0.1, 0.15) is 52.9 Å². The lowest BCUT2D eigenvalue weighted by Crippen LogP contribution is -2.48. The number of nitrogens with zero attached hydrogens (tertiary/aromatic N) is 1. The Morgan fingerprint density at radius 3 is 2.30 bits per heavy atom. The van der Waals surface area contributed by atoms with Crippen LogP contribution < -0.4 is 0 Å². The molecule has 0 saturated carbocycles. The smallest absolute Gasteiger partial charge is 0.217 e. The molecular formula is C15H29NO3S. The van der Waals surface area contributed by atoms with Crippen LogP contribution in [0.4, 0.5) is 0 Å². The molecule has 4 nitrogen and oxygen atoms in total. The van der Waals surface area contributed by atoms with Gasteiger partial charge in [0.2, 0.25) is 10.0 Å². The van der Waals surface area contributed by atoms with E-state index in [2.05, 4.69) is 20.8 Å². The number of ether oxygens (including phenoxy) is 1. The average Bonchev–Trinajstić information content (AvgIpc) is 2.62. The van der Waals surface area contributed by atoms with Gasteiger partial charge >= 0.3 is 0 Å². The van der Waals surface area contributed by atoms with Gasteiger partial charge in [-0.25, -0.2) is 8.42 Å². The minimum absolute atomic E-state index is 0.174. The Morgan fingerprint density at radius 1 is 1.05 bits per heavy atom. The maximum absolute atomic E-state index is 13.0. The third-order valence-electron chi connectivity index (χ3n) is 4.85. The van der Waals surface area contributed by atoms with Gasteiger partial charge in [0, 0.05) is 25.8 Å². The lowest BCUT2D eigenvalue weighted by atomic mass is 9.96. The molecular weight excluding hydrogens is 274 g/mol. The molecule has 20 heavy (non-hydrogen) atoms. The summed E-state index contributed by atoms with van der Waals surface area (Å²) in [4.78, 5) is 0. The van der Waals surface area contributed by atoms with Gasteiger partial charge in [0.25, 0.3) is 0 Å². The van der Waals surface area contributed by atoms with Gasteiger partial charge in [0.05, 0.1) is 5.25 Å². The average molecular weight is 303 g/mol. The van der Waals surface area contributed by atoms with E-state index in [-0.39, 0.29) is 11.3 Å². The fraction of sp³-hybridized carbons (Fsp3) is 1.00. The molecule has 0 aromatic rings. The predicted octanol–water partition coefficient (Wildman–Crippen LogP) is 2.64. The van der Waals surface area contributed by atoms with Crippen LogP contribution in [-0.2, 0) is 14.8 Å². The molecule has 2 fully saturated rings. The Hall–Kier alpha value is -0.130. The van der Waals surface area contributed by atoms with E-state index in [0.29, 0.717) is 44.4 Å². The summed E-state index contributed by atoms with van der Waals surface area (Å²) in [7, 11) is -3.17. The molecule has 0 unspecified atom stereocenters. The molecule has 0 aromatic carbocycles. The maximum atomic E-state index is 13.0. The summed E-state index contributed by atoms with van der Waals surface area (Å²) in [5.74, 6) is 1.01. The maximum Gasteiger partial charge on any atom is 0.217 e. The molecule has 2 atom stereocenters. The summed E-state index contributed by atoms with van der Waals surface area (Å²) in [5.41, 5.74) is 0. The Labute approximate surface area is 123 Å². The van der Waals surface area contributed by atoms with Gasteiger partial charge in [0.15, 0.2) is 0 Å². The first kappa shape index (κ1) is 16.2. The SMILES string of the molecule is CC(C)[C@H]1CC[C@@H](C)CCN1S(=O)(=O)C1CCOCC1. The van der Waals surface area contributed by atoms with E-state index in [0.717, 1.165) is 19.3 Å². The Bertz CT molecular complexity index is 401. The number of sulfonamides is 1. The molecule has 2 aliphatic rings. The quantitative estimate of drug-likeness (QED) is 0.805. The summed E-state index contributed by atoms with van der Waals surface area (Å²) >= 11 is 0. The van der Waals surface area contributed by atoms with Crippen molar-refractivity contribution in [1.82, 2.24) is 4.31 Å². The van der Waals surface area contributed by atoms with Crippen molar-refractivity contribution in [3.05, 3.63) is 0 Å². The second-order valence-electron chi connectivity index (χ2n) is 6.75. The summed E-state index contributed by atoms with van der Waals surface area (Å²) in [6.07, 6.45) is 4.44.